The number of fused-ring (bicyclic) bond motifs is 2. The third-order valence-electron chi connectivity index (χ3n) is 5.60. The molecule has 1 N–H and O–H groups in total. The summed E-state index contributed by atoms with van der Waals surface area (Å²) in [5.41, 5.74) is 5.76. The maximum absolute atomic E-state index is 10.3. The highest BCUT2D eigenvalue weighted by Crippen LogP contribution is 2.46. The average Bonchev–Trinajstić information content (AvgIpc) is 2.93. The van der Waals surface area contributed by atoms with Crippen LogP contribution in [0.25, 0.3) is 0 Å². The van der Waals surface area contributed by atoms with Crippen molar-refractivity contribution in [2.24, 2.45) is 0 Å². The van der Waals surface area contributed by atoms with Gasteiger partial charge in [-0.3, -0.25) is 0 Å². The maximum atomic E-state index is 10.3. The first-order valence-electron chi connectivity index (χ1n) is 9.88. The highest BCUT2D eigenvalue weighted by Gasteiger charge is 2.47. The molecule has 2 heterocycles. The number of benzene rings is 2. The lowest BCUT2D eigenvalue weighted by Crippen LogP contribution is -2.43. The lowest BCUT2D eigenvalue weighted by Gasteiger charge is -2.39. The first-order chi connectivity index (χ1) is 13.0. The summed E-state index contributed by atoms with van der Waals surface area (Å²) < 4.78 is 12.2. The second kappa shape index (κ2) is 7.56. The Hall–Kier alpha value is -1.39. The molecule has 0 aromatic heterocycles. The molecule has 4 heteroatoms. The van der Waals surface area contributed by atoms with E-state index in [1.54, 1.807) is 0 Å². The van der Waals surface area contributed by atoms with Gasteiger partial charge in [-0.25, -0.2) is 0 Å². The van der Waals surface area contributed by atoms with Crippen molar-refractivity contribution in [3.63, 3.8) is 0 Å². The standard InChI is InChI=1S/C23H27ClO3/c1-3-4-16-5-7-17(8-6-16)10-18-11-21-19(12-22(18)24)14-26-23(21)13-20(25)9-15(2)27-23/h5-8,11-12,15,20,25H,3-4,9-10,13-14H2,1-2H3/t15?,20?,23-/m1/s1. The molecule has 0 aliphatic carbocycles. The van der Waals surface area contributed by atoms with E-state index in [1.807, 2.05) is 13.0 Å². The minimum absolute atomic E-state index is 0.0371. The largest absolute Gasteiger partial charge is 0.393 e. The number of ether oxygens (including phenoxy) is 2. The van der Waals surface area contributed by atoms with Crippen LogP contribution in [0.15, 0.2) is 36.4 Å². The second-order valence-electron chi connectivity index (χ2n) is 7.91. The van der Waals surface area contributed by atoms with Crippen molar-refractivity contribution in [3.8, 4) is 0 Å². The zero-order valence-corrected chi connectivity index (χ0v) is 16.8. The summed E-state index contributed by atoms with van der Waals surface area (Å²) in [6.45, 7) is 4.65. The summed E-state index contributed by atoms with van der Waals surface area (Å²) >= 11 is 6.58. The van der Waals surface area contributed by atoms with E-state index < -0.39 is 11.9 Å². The fraction of sp³-hybridized carbons (Fsp3) is 0.478. The van der Waals surface area contributed by atoms with Crippen molar-refractivity contribution in [2.45, 2.75) is 70.6 Å². The molecular weight excluding hydrogens is 360 g/mol. The van der Waals surface area contributed by atoms with Gasteiger partial charge in [0.25, 0.3) is 0 Å². The van der Waals surface area contributed by atoms with Gasteiger partial charge < -0.3 is 14.6 Å². The Bertz CT molecular complexity index is 805. The van der Waals surface area contributed by atoms with Crippen LogP contribution in [-0.2, 0) is 34.7 Å². The Morgan fingerprint density at radius 2 is 1.93 bits per heavy atom. The summed E-state index contributed by atoms with van der Waals surface area (Å²) in [5.74, 6) is -0.837. The molecule has 0 saturated carbocycles. The number of hydrogen-bond acceptors (Lipinski definition) is 3. The van der Waals surface area contributed by atoms with Crippen molar-refractivity contribution in [3.05, 3.63) is 69.2 Å². The van der Waals surface area contributed by atoms with Crippen molar-refractivity contribution in [1.29, 1.82) is 0 Å². The molecule has 27 heavy (non-hydrogen) atoms. The van der Waals surface area contributed by atoms with Crippen LogP contribution < -0.4 is 0 Å². The molecule has 1 fully saturated rings. The molecular formula is C23H27ClO3. The van der Waals surface area contributed by atoms with E-state index >= 15 is 0 Å². The Balaban J connectivity index is 1.63. The highest BCUT2D eigenvalue weighted by atomic mass is 35.5. The quantitative estimate of drug-likeness (QED) is 0.791. The van der Waals surface area contributed by atoms with E-state index in [4.69, 9.17) is 21.1 Å². The minimum Gasteiger partial charge on any atom is -0.393 e. The van der Waals surface area contributed by atoms with Gasteiger partial charge in [0.15, 0.2) is 5.79 Å². The number of hydrogen-bond donors (Lipinski definition) is 1. The van der Waals surface area contributed by atoms with Gasteiger partial charge in [0.2, 0.25) is 0 Å². The van der Waals surface area contributed by atoms with Crippen LogP contribution in [-0.4, -0.2) is 17.3 Å². The number of rotatable bonds is 4. The van der Waals surface area contributed by atoms with Crippen LogP contribution in [0.2, 0.25) is 5.02 Å². The third-order valence-corrected chi connectivity index (χ3v) is 5.95. The average molecular weight is 387 g/mol. The molecule has 2 unspecified atom stereocenters. The van der Waals surface area contributed by atoms with Crippen molar-refractivity contribution in [2.75, 3.05) is 0 Å². The van der Waals surface area contributed by atoms with Crippen LogP contribution in [0, 0.1) is 0 Å². The minimum atomic E-state index is -0.837. The van der Waals surface area contributed by atoms with E-state index in [2.05, 4.69) is 37.3 Å². The Kier molecular flexibility index (Phi) is 5.30. The summed E-state index contributed by atoms with van der Waals surface area (Å²) in [7, 11) is 0. The van der Waals surface area contributed by atoms with E-state index in [-0.39, 0.29) is 6.10 Å². The summed E-state index contributed by atoms with van der Waals surface area (Å²) in [4.78, 5) is 0. The molecule has 2 aliphatic heterocycles. The molecule has 2 aromatic carbocycles. The zero-order chi connectivity index (χ0) is 19.0. The lowest BCUT2D eigenvalue weighted by atomic mass is 9.90. The molecule has 3 atom stereocenters. The van der Waals surface area contributed by atoms with Gasteiger partial charge in [0, 0.05) is 17.0 Å². The van der Waals surface area contributed by atoms with Crippen LogP contribution in [0.5, 0.6) is 0 Å². The first-order valence-corrected chi connectivity index (χ1v) is 10.3. The summed E-state index contributed by atoms with van der Waals surface area (Å²) in [6.07, 6.45) is 3.70. The van der Waals surface area contributed by atoms with Gasteiger partial charge >= 0.3 is 0 Å². The first kappa shape index (κ1) is 18.9. The molecule has 1 spiro atoms. The fourth-order valence-corrected chi connectivity index (χ4v) is 4.59. The molecule has 144 valence electrons. The van der Waals surface area contributed by atoms with Gasteiger partial charge in [-0.05, 0) is 60.6 Å². The number of aliphatic hydroxyl groups is 1. The Labute approximate surface area is 166 Å². The summed E-state index contributed by atoms with van der Waals surface area (Å²) in [6, 6.07) is 12.9. The van der Waals surface area contributed by atoms with Gasteiger partial charge in [0.1, 0.15) is 0 Å². The predicted molar refractivity (Wildman–Crippen MR) is 107 cm³/mol. The molecule has 2 aliphatic rings. The SMILES string of the molecule is CCCc1ccc(Cc2cc3c(cc2Cl)CO[C@@]32CC(O)CC(C)O2)cc1. The summed E-state index contributed by atoms with van der Waals surface area (Å²) in [5, 5.41) is 11.0. The topological polar surface area (TPSA) is 38.7 Å². The molecule has 2 aromatic rings. The molecule has 0 amide bonds. The number of halogens is 1. The van der Waals surface area contributed by atoms with Gasteiger partial charge in [-0.15, -0.1) is 0 Å². The smallest absolute Gasteiger partial charge is 0.198 e. The molecule has 0 radical (unpaired) electrons. The lowest BCUT2D eigenvalue weighted by molar-refractivity contribution is -0.295. The predicted octanol–water partition coefficient (Wildman–Crippen LogP) is 5.13. The van der Waals surface area contributed by atoms with Gasteiger partial charge in [-0.2, -0.15) is 0 Å². The molecule has 1 saturated heterocycles. The molecule has 4 rings (SSSR count). The van der Waals surface area contributed by atoms with Crippen LogP contribution in [0.1, 0.15) is 60.9 Å². The number of aryl methyl sites for hydroxylation is 1. The monoisotopic (exact) mass is 386 g/mol. The van der Waals surface area contributed by atoms with E-state index in [1.165, 1.54) is 11.1 Å². The highest BCUT2D eigenvalue weighted by molar-refractivity contribution is 6.31. The van der Waals surface area contributed by atoms with E-state index in [9.17, 15) is 5.11 Å². The van der Waals surface area contributed by atoms with Gasteiger partial charge in [0.05, 0.1) is 18.8 Å². The van der Waals surface area contributed by atoms with Crippen LogP contribution in [0.3, 0.4) is 0 Å². The van der Waals surface area contributed by atoms with Crippen molar-refractivity contribution in [1.82, 2.24) is 0 Å². The third kappa shape index (κ3) is 3.79. The Morgan fingerprint density at radius 1 is 1.19 bits per heavy atom. The van der Waals surface area contributed by atoms with Gasteiger partial charge in [-0.1, -0.05) is 49.2 Å². The maximum Gasteiger partial charge on any atom is 0.198 e. The Morgan fingerprint density at radius 3 is 2.63 bits per heavy atom. The second-order valence-corrected chi connectivity index (χ2v) is 8.31. The van der Waals surface area contributed by atoms with E-state index in [0.717, 1.165) is 41.0 Å². The zero-order valence-electron chi connectivity index (χ0n) is 16.0. The fourth-order valence-electron chi connectivity index (χ4n) is 4.34. The normalized spacial score (nSPS) is 27.1. The van der Waals surface area contributed by atoms with Crippen LogP contribution in [0.4, 0.5) is 0 Å². The van der Waals surface area contributed by atoms with Crippen LogP contribution >= 0.6 is 11.6 Å². The molecule has 0 bridgehead atoms. The van der Waals surface area contributed by atoms with E-state index in [0.29, 0.717) is 19.4 Å². The van der Waals surface area contributed by atoms with Crippen molar-refractivity contribution < 1.29 is 14.6 Å². The molecule has 3 nitrogen and oxygen atoms in total. The van der Waals surface area contributed by atoms with Crippen molar-refractivity contribution >= 4 is 11.6 Å². The number of aliphatic hydroxyl groups excluding tert-OH is 1.